The molecule has 1 fully saturated rings. The summed E-state index contributed by atoms with van der Waals surface area (Å²) in [5.74, 6) is -0.687. The molecule has 0 bridgehead atoms. The van der Waals surface area contributed by atoms with Gasteiger partial charge in [-0.05, 0) is 18.6 Å². The highest BCUT2D eigenvalue weighted by Gasteiger charge is 2.26. The van der Waals surface area contributed by atoms with Crippen LogP contribution in [0.3, 0.4) is 0 Å². The molecule has 3 aromatic rings. The first-order valence-corrected chi connectivity index (χ1v) is 10.9. The number of carbonyl (C=O) groups is 1. The van der Waals surface area contributed by atoms with Gasteiger partial charge in [-0.15, -0.1) is 0 Å². The minimum Gasteiger partial charge on any atom is -0.507 e. The van der Waals surface area contributed by atoms with Crippen LogP contribution in [-0.2, 0) is 11.3 Å². The van der Waals surface area contributed by atoms with E-state index >= 15 is 0 Å². The lowest BCUT2D eigenvalue weighted by Crippen LogP contribution is -3.12. The molecule has 0 saturated carbocycles. The molecule has 168 valence electrons. The molecule has 4 rings (SSSR count). The van der Waals surface area contributed by atoms with Gasteiger partial charge in [0.05, 0.1) is 29.4 Å². The molecular weight excluding hydrogens is 434 g/mol. The third-order valence-electron chi connectivity index (χ3n) is 5.45. The Morgan fingerprint density at radius 3 is 2.56 bits per heavy atom. The molecule has 0 aliphatic carbocycles. The standard InChI is InChI=1S/C23H24ClN3O5/c1-2-25-23(30)21-20(22(32-26-21)16-11-17(24)19(29)12-18(16)28)15-5-3-14(4-6-15)13-27-7-9-31-10-8-27/h3-6,11-12,28-29H,2,7-10,13H2,1H3,(H,25,30)/p+1. The molecule has 2 aromatic carbocycles. The van der Waals surface area contributed by atoms with Gasteiger partial charge in [-0.3, -0.25) is 4.79 Å². The van der Waals surface area contributed by atoms with E-state index in [0.29, 0.717) is 17.7 Å². The molecule has 0 atom stereocenters. The number of nitrogens with one attached hydrogen (secondary N) is 2. The number of nitrogens with zero attached hydrogens (tertiary/aromatic N) is 1. The fourth-order valence-corrected chi connectivity index (χ4v) is 3.95. The van der Waals surface area contributed by atoms with Gasteiger partial charge in [0, 0.05) is 18.2 Å². The molecule has 1 aliphatic heterocycles. The van der Waals surface area contributed by atoms with Gasteiger partial charge in [-0.1, -0.05) is 41.0 Å². The Morgan fingerprint density at radius 1 is 1.16 bits per heavy atom. The zero-order chi connectivity index (χ0) is 22.7. The molecular formula is C23H25ClN3O5+. The van der Waals surface area contributed by atoms with E-state index in [2.05, 4.69) is 10.5 Å². The number of quaternary nitrogens is 1. The molecule has 0 radical (unpaired) electrons. The molecule has 1 aliphatic rings. The van der Waals surface area contributed by atoms with Crippen LogP contribution < -0.4 is 10.2 Å². The predicted molar refractivity (Wildman–Crippen MR) is 119 cm³/mol. The van der Waals surface area contributed by atoms with Crippen molar-refractivity contribution in [1.29, 1.82) is 0 Å². The van der Waals surface area contributed by atoms with E-state index in [1.807, 2.05) is 31.2 Å². The Kier molecular flexibility index (Phi) is 6.64. The van der Waals surface area contributed by atoms with Crippen molar-refractivity contribution < 1.29 is 29.2 Å². The Balaban J connectivity index is 1.73. The fourth-order valence-electron chi connectivity index (χ4n) is 3.79. The minimum absolute atomic E-state index is 0.0449. The highest BCUT2D eigenvalue weighted by molar-refractivity contribution is 6.32. The highest BCUT2D eigenvalue weighted by atomic mass is 35.5. The lowest BCUT2D eigenvalue weighted by molar-refractivity contribution is -0.921. The van der Waals surface area contributed by atoms with Crippen LogP contribution in [0.2, 0.25) is 5.02 Å². The SMILES string of the molecule is CCNC(=O)c1noc(-c2cc(Cl)c(O)cc2O)c1-c1ccc(C[NH+]2CCOCC2)cc1. The summed E-state index contributed by atoms with van der Waals surface area (Å²) in [6, 6.07) is 10.4. The predicted octanol–water partition coefficient (Wildman–Crippen LogP) is 2.24. The van der Waals surface area contributed by atoms with Gasteiger partial charge < -0.3 is 29.7 Å². The molecule has 9 heteroatoms. The second kappa shape index (κ2) is 9.60. The van der Waals surface area contributed by atoms with E-state index in [0.717, 1.165) is 38.9 Å². The number of ether oxygens (including phenoxy) is 1. The largest absolute Gasteiger partial charge is 0.507 e. The van der Waals surface area contributed by atoms with Crippen LogP contribution in [0.15, 0.2) is 40.9 Å². The maximum absolute atomic E-state index is 12.6. The third-order valence-corrected chi connectivity index (χ3v) is 5.75. The molecule has 32 heavy (non-hydrogen) atoms. The van der Waals surface area contributed by atoms with Crippen LogP contribution in [0.4, 0.5) is 0 Å². The number of benzene rings is 2. The van der Waals surface area contributed by atoms with Crippen LogP contribution in [0.25, 0.3) is 22.5 Å². The van der Waals surface area contributed by atoms with Crippen molar-refractivity contribution in [1.82, 2.24) is 10.5 Å². The van der Waals surface area contributed by atoms with Crippen molar-refractivity contribution in [3.8, 4) is 33.9 Å². The first-order chi connectivity index (χ1) is 15.5. The topological polar surface area (TPSA) is 109 Å². The van der Waals surface area contributed by atoms with Crippen LogP contribution in [0.1, 0.15) is 23.0 Å². The van der Waals surface area contributed by atoms with Gasteiger partial charge in [0.2, 0.25) is 0 Å². The van der Waals surface area contributed by atoms with Crippen molar-refractivity contribution in [2.75, 3.05) is 32.8 Å². The van der Waals surface area contributed by atoms with Crippen LogP contribution in [0, 0.1) is 0 Å². The van der Waals surface area contributed by atoms with E-state index in [1.165, 1.54) is 16.5 Å². The Bertz CT molecular complexity index is 1110. The minimum atomic E-state index is -0.385. The molecule has 0 spiro atoms. The lowest BCUT2D eigenvalue weighted by Gasteiger charge is -2.23. The van der Waals surface area contributed by atoms with E-state index in [4.69, 9.17) is 20.9 Å². The quantitative estimate of drug-likeness (QED) is 0.451. The van der Waals surface area contributed by atoms with E-state index in [-0.39, 0.29) is 39.4 Å². The number of halogens is 1. The maximum Gasteiger partial charge on any atom is 0.274 e. The van der Waals surface area contributed by atoms with Gasteiger partial charge in [0.15, 0.2) is 11.5 Å². The fraction of sp³-hybridized carbons (Fsp3) is 0.304. The van der Waals surface area contributed by atoms with Crippen molar-refractivity contribution in [2.45, 2.75) is 13.5 Å². The van der Waals surface area contributed by atoms with E-state index < -0.39 is 0 Å². The summed E-state index contributed by atoms with van der Waals surface area (Å²) in [7, 11) is 0. The number of rotatable bonds is 6. The number of aromatic nitrogens is 1. The number of amides is 1. The zero-order valence-corrected chi connectivity index (χ0v) is 18.4. The first kappa shape index (κ1) is 22.1. The van der Waals surface area contributed by atoms with Gasteiger partial charge >= 0.3 is 0 Å². The van der Waals surface area contributed by atoms with Crippen molar-refractivity contribution in [3.05, 3.63) is 52.7 Å². The summed E-state index contributed by atoms with van der Waals surface area (Å²) in [4.78, 5) is 14.1. The highest BCUT2D eigenvalue weighted by Crippen LogP contribution is 2.42. The lowest BCUT2D eigenvalue weighted by atomic mass is 9.97. The van der Waals surface area contributed by atoms with Crippen LogP contribution in [-0.4, -0.2) is 54.1 Å². The number of hydrogen-bond donors (Lipinski definition) is 4. The molecule has 8 nitrogen and oxygen atoms in total. The van der Waals surface area contributed by atoms with Gasteiger partial charge in [0.25, 0.3) is 5.91 Å². The molecule has 1 aromatic heterocycles. The number of hydrogen-bond acceptors (Lipinski definition) is 6. The van der Waals surface area contributed by atoms with E-state index in [9.17, 15) is 15.0 Å². The number of carbonyl (C=O) groups excluding carboxylic acids is 1. The number of aromatic hydroxyl groups is 2. The average Bonchev–Trinajstić information content (AvgIpc) is 3.23. The zero-order valence-electron chi connectivity index (χ0n) is 17.7. The second-order valence-corrected chi connectivity index (χ2v) is 8.06. The monoisotopic (exact) mass is 458 g/mol. The van der Waals surface area contributed by atoms with E-state index in [1.54, 1.807) is 0 Å². The number of phenols is 2. The summed E-state index contributed by atoms with van der Waals surface area (Å²) in [5, 5.41) is 26.9. The van der Waals surface area contributed by atoms with Crippen LogP contribution >= 0.6 is 11.6 Å². The van der Waals surface area contributed by atoms with Crippen molar-refractivity contribution in [2.24, 2.45) is 0 Å². The average molecular weight is 459 g/mol. The maximum atomic E-state index is 12.6. The summed E-state index contributed by atoms with van der Waals surface area (Å²) in [6.45, 7) is 6.61. The molecule has 1 saturated heterocycles. The van der Waals surface area contributed by atoms with Crippen LogP contribution in [0.5, 0.6) is 11.5 Å². The van der Waals surface area contributed by atoms with Crippen molar-refractivity contribution >= 4 is 17.5 Å². The molecule has 1 amide bonds. The second-order valence-electron chi connectivity index (χ2n) is 7.65. The molecule has 0 unspecified atom stereocenters. The first-order valence-electron chi connectivity index (χ1n) is 10.5. The van der Waals surface area contributed by atoms with Gasteiger partial charge in [-0.25, -0.2) is 0 Å². The third kappa shape index (κ3) is 4.57. The summed E-state index contributed by atoms with van der Waals surface area (Å²) in [6.07, 6.45) is 0. The number of phenolic OH excluding ortho intramolecular Hbond substituents is 2. The normalized spacial score (nSPS) is 14.4. The molecule has 2 heterocycles. The Labute approximate surface area is 190 Å². The molecule has 4 N–H and O–H groups in total. The van der Waals surface area contributed by atoms with Gasteiger partial charge in [-0.2, -0.15) is 0 Å². The Morgan fingerprint density at radius 2 is 1.88 bits per heavy atom. The summed E-state index contributed by atoms with van der Waals surface area (Å²) >= 11 is 6.05. The summed E-state index contributed by atoms with van der Waals surface area (Å²) in [5.41, 5.74) is 2.66. The Hall–Kier alpha value is -3.07. The summed E-state index contributed by atoms with van der Waals surface area (Å²) < 4.78 is 10.9. The van der Waals surface area contributed by atoms with Gasteiger partial charge in [0.1, 0.15) is 31.1 Å². The smallest absolute Gasteiger partial charge is 0.274 e. The van der Waals surface area contributed by atoms with Crippen molar-refractivity contribution in [3.63, 3.8) is 0 Å². The number of morpholine rings is 1.